The number of benzene rings is 1. The SMILES string of the molecule is CC1(C(=O)N2CCN(c3ccccn3)CC2)Oc2ccc(Cl)cc2NC1=O. The Morgan fingerprint density at radius 1 is 1.22 bits per heavy atom. The number of ether oxygens (including phenoxy) is 1. The Morgan fingerprint density at radius 2 is 2.00 bits per heavy atom. The normalized spacial score (nSPS) is 21.9. The molecule has 1 unspecified atom stereocenters. The molecule has 1 saturated heterocycles. The number of fused-ring (bicyclic) bond motifs is 1. The molecular weight excluding hydrogens is 368 g/mol. The van der Waals surface area contributed by atoms with Crippen LogP contribution in [0.3, 0.4) is 0 Å². The zero-order valence-electron chi connectivity index (χ0n) is 14.8. The molecule has 0 radical (unpaired) electrons. The van der Waals surface area contributed by atoms with Crippen molar-refractivity contribution in [2.45, 2.75) is 12.5 Å². The van der Waals surface area contributed by atoms with Gasteiger partial charge >= 0.3 is 0 Å². The fourth-order valence-electron chi connectivity index (χ4n) is 3.32. The third-order valence-electron chi connectivity index (χ3n) is 4.89. The first kappa shape index (κ1) is 17.6. The van der Waals surface area contributed by atoms with E-state index in [1.807, 2.05) is 18.2 Å². The highest BCUT2D eigenvalue weighted by atomic mass is 35.5. The van der Waals surface area contributed by atoms with Gasteiger partial charge in [-0.05, 0) is 37.3 Å². The molecule has 2 aliphatic heterocycles. The maximum absolute atomic E-state index is 13.1. The predicted molar refractivity (Wildman–Crippen MR) is 102 cm³/mol. The lowest BCUT2D eigenvalue weighted by atomic mass is 10.00. The van der Waals surface area contributed by atoms with Crippen molar-refractivity contribution in [2.24, 2.45) is 0 Å². The van der Waals surface area contributed by atoms with E-state index in [1.54, 1.807) is 29.3 Å². The van der Waals surface area contributed by atoms with Crippen LogP contribution < -0.4 is 15.0 Å². The number of rotatable bonds is 2. The average Bonchev–Trinajstić information content (AvgIpc) is 2.69. The fourth-order valence-corrected chi connectivity index (χ4v) is 3.49. The molecule has 8 heteroatoms. The van der Waals surface area contributed by atoms with Gasteiger partial charge in [-0.1, -0.05) is 17.7 Å². The van der Waals surface area contributed by atoms with Crippen LogP contribution in [-0.2, 0) is 9.59 Å². The lowest BCUT2D eigenvalue weighted by molar-refractivity contribution is -0.154. The number of nitrogens with one attached hydrogen (secondary N) is 1. The Bertz CT molecular complexity index is 884. The van der Waals surface area contributed by atoms with Crippen LogP contribution in [0.25, 0.3) is 0 Å². The average molecular weight is 387 g/mol. The summed E-state index contributed by atoms with van der Waals surface area (Å²) in [5, 5.41) is 3.21. The quantitative estimate of drug-likeness (QED) is 0.801. The van der Waals surface area contributed by atoms with E-state index in [1.165, 1.54) is 6.92 Å². The summed E-state index contributed by atoms with van der Waals surface area (Å²) in [5.74, 6) is 0.478. The number of hydrogen-bond acceptors (Lipinski definition) is 5. The molecule has 7 nitrogen and oxygen atoms in total. The number of nitrogens with zero attached hydrogens (tertiary/aromatic N) is 3. The Labute approximate surface area is 161 Å². The minimum absolute atomic E-state index is 0.346. The zero-order valence-corrected chi connectivity index (χ0v) is 15.6. The Kier molecular flexibility index (Phi) is 4.39. The molecule has 1 atom stereocenters. The second-order valence-corrected chi connectivity index (χ2v) is 7.13. The topological polar surface area (TPSA) is 74.8 Å². The van der Waals surface area contributed by atoms with Gasteiger partial charge in [0, 0.05) is 37.4 Å². The van der Waals surface area contributed by atoms with Crippen LogP contribution in [0.1, 0.15) is 6.92 Å². The van der Waals surface area contributed by atoms with Gasteiger partial charge in [-0.2, -0.15) is 0 Å². The lowest BCUT2D eigenvalue weighted by Crippen LogP contribution is -2.62. The molecule has 2 aromatic rings. The minimum atomic E-state index is -1.60. The van der Waals surface area contributed by atoms with Crippen LogP contribution in [-0.4, -0.2) is 53.5 Å². The molecule has 0 spiro atoms. The van der Waals surface area contributed by atoms with E-state index >= 15 is 0 Å². The molecule has 27 heavy (non-hydrogen) atoms. The first-order valence-electron chi connectivity index (χ1n) is 8.73. The van der Waals surface area contributed by atoms with Crippen molar-refractivity contribution in [3.63, 3.8) is 0 Å². The van der Waals surface area contributed by atoms with Crippen molar-refractivity contribution in [1.29, 1.82) is 0 Å². The molecule has 2 aliphatic rings. The van der Waals surface area contributed by atoms with E-state index in [2.05, 4.69) is 15.2 Å². The van der Waals surface area contributed by atoms with E-state index in [0.717, 1.165) is 5.82 Å². The Hall–Kier alpha value is -2.80. The number of aromatic nitrogens is 1. The third kappa shape index (κ3) is 3.19. The van der Waals surface area contributed by atoms with Crippen LogP contribution >= 0.6 is 11.6 Å². The molecule has 4 rings (SSSR count). The summed E-state index contributed by atoms with van der Waals surface area (Å²) in [6.45, 7) is 3.79. The largest absolute Gasteiger partial charge is 0.466 e. The molecule has 3 heterocycles. The Morgan fingerprint density at radius 3 is 2.70 bits per heavy atom. The fraction of sp³-hybridized carbons (Fsp3) is 0.316. The standard InChI is InChI=1S/C19H19ClN4O3/c1-19(17(25)22-14-12-13(20)5-6-15(14)27-19)18(26)24-10-8-23(9-11-24)16-4-2-3-7-21-16/h2-7,12H,8-11H2,1H3,(H,22,25). The maximum Gasteiger partial charge on any atom is 0.278 e. The lowest BCUT2D eigenvalue weighted by Gasteiger charge is -2.40. The smallest absolute Gasteiger partial charge is 0.278 e. The van der Waals surface area contributed by atoms with Crippen LogP contribution in [0.5, 0.6) is 5.75 Å². The van der Waals surface area contributed by atoms with Gasteiger partial charge < -0.3 is 19.9 Å². The maximum atomic E-state index is 13.1. The number of hydrogen-bond donors (Lipinski definition) is 1. The van der Waals surface area contributed by atoms with Gasteiger partial charge in [-0.25, -0.2) is 4.98 Å². The van der Waals surface area contributed by atoms with E-state index in [9.17, 15) is 9.59 Å². The summed E-state index contributed by atoms with van der Waals surface area (Å²) in [4.78, 5) is 33.8. The monoisotopic (exact) mass is 386 g/mol. The second-order valence-electron chi connectivity index (χ2n) is 6.70. The summed E-state index contributed by atoms with van der Waals surface area (Å²) in [7, 11) is 0. The van der Waals surface area contributed by atoms with Crippen LogP contribution in [0.15, 0.2) is 42.6 Å². The van der Waals surface area contributed by atoms with Crippen LogP contribution in [0, 0.1) is 0 Å². The van der Waals surface area contributed by atoms with Crippen LogP contribution in [0.4, 0.5) is 11.5 Å². The van der Waals surface area contributed by atoms with E-state index in [4.69, 9.17) is 16.3 Å². The van der Waals surface area contributed by atoms with E-state index < -0.39 is 11.5 Å². The molecule has 0 bridgehead atoms. The molecule has 0 aliphatic carbocycles. The molecule has 140 valence electrons. The number of carbonyl (C=O) groups excluding carboxylic acids is 2. The van der Waals surface area contributed by atoms with Crippen molar-refractivity contribution < 1.29 is 14.3 Å². The number of pyridine rings is 1. The Balaban J connectivity index is 1.48. The molecule has 2 amide bonds. The number of piperazine rings is 1. The van der Waals surface area contributed by atoms with E-state index in [0.29, 0.717) is 42.6 Å². The van der Waals surface area contributed by atoms with Gasteiger partial charge in [-0.15, -0.1) is 0 Å². The van der Waals surface area contributed by atoms with Gasteiger partial charge in [0.1, 0.15) is 11.6 Å². The van der Waals surface area contributed by atoms with Crippen LogP contribution in [0.2, 0.25) is 5.02 Å². The highest BCUT2D eigenvalue weighted by Gasteiger charge is 2.49. The summed E-state index contributed by atoms with van der Waals surface area (Å²) in [5.41, 5.74) is -1.13. The highest BCUT2D eigenvalue weighted by molar-refractivity contribution is 6.31. The van der Waals surface area contributed by atoms with Gasteiger partial charge in [0.15, 0.2) is 0 Å². The zero-order chi connectivity index (χ0) is 19.0. The number of amides is 2. The van der Waals surface area contributed by atoms with Crippen molar-refractivity contribution >= 4 is 34.9 Å². The van der Waals surface area contributed by atoms with Crippen molar-refractivity contribution in [2.75, 3.05) is 36.4 Å². The first-order valence-corrected chi connectivity index (χ1v) is 9.10. The molecule has 1 N–H and O–H groups in total. The number of halogens is 1. The second kappa shape index (κ2) is 6.74. The van der Waals surface area contributed by atoms with Gasteiger partial charge in [0.05, 0.1) is 5.69 Å². The summed E-state index contributed by atoms with van der Waals surface area (Å²) >= 11 is 5.95. The van der Waals surface area contributed by atoms with Gasteiger partial charge in [0.25, 0.3) is 17.4 Å². The molecule has 1 aromatic carbocycles. The highest BCUT2D eigenvalue weighted by Crippen LogP contribution is 2.36. The van der Waals surface area contributed by atoms with E-state index in [-0.39, 0.29) is 5.91 Å². The third-order valence-corrected chi connectivity index (χ3v) is 5.12. The summed E-state index contributed by atoms with van der Waals surface area (Å²) < 4.78 is 5.83. The predicted octanol–water partition coefficient (Wildman–Crippen LogP) is 2.17. The summed E-state index contributed by atoms with van der Waals surface area (Å²) in [6.07, 6.45) is 1.75. The van der Waals surface area contributed by atoms with Gasteiger partial charge in [-0.3, -0.25) is 9.59 Å². The molecule has 0 saturated carbocycles. The molecule has 1 aromatic heterocycles. The van der Waals surface area contributed by atoms with Crippen molar-refractivity contribution in [3.05, 3.63) is 47.6 Å². The van der Waals surface area contributed by atoms with Gasteiger partial charge in [0.2, 0.25) is 0 Å². The van der Waals surface area contributed by atoms with Crippen molar-refractivity contribution in [1.82, 2.24) is 9.88 Å². The number of anilines is 2. The first-order chi connectivity index (χ1) is 13.0. The summed E-state index contributed by atoms with van der Waals surface area (Å²) in [6, 6.07) is 10.7. The molecule has 1 fully saturated rings. The van der Waals surface area contributed by atoms with Crippen molar-refractivity contribution in [3.8, 4) is 5.75 Å². The minimum Gasteiger partial charge on any atom is -0.466 e. The number of carbonyl (C=O) groups is 2. The molecular formula is C19H19ClN4O3.